The predicted octanol–water partition coefficient (Wildman–Crippen LogP) is 1.94. The highest BCUT2D eigenvalue weighted by Gasteiger charge is 2.54. The van der Waals surface area contributed by atoms with Crippen molar-refractivity contribution in [2.45, 2.75) is 39.5 Å². The number of Topliss-reactive ketones (excluding diaryl/α,β-unsaturated/α-hetero) is 1. The first-order chi connectivity index (χ1) is 6.56. The summed E-state index contributed by atoms with van der Waals surface area (Å²) in [7, 11) is 1.35. The Balaban J connectivity index is 2.73. The van der Waals surface area contributed by atoms with Crippen LogP contribution in [0, 0.1) is 11.3 Å². The molecule has 0 saturated heterocycles. The average molecular weight is 198 g/mol. The Morgan fingerprint density at radius 3 is 2.36 bits per heavy atom. The standard InChI is InChI=1S/C11H18O3/c1-4-5-9(12)11(10(13)14-3)6-8(2)7-11/h8H,4-7H2,1-3H3. The molecule has 0 aromatic heterocycles. The van der Waals surface area contributed by atoms with E-state index in [0.29, 0.717) is 25.2 Å². The first-order valence-electron chi connectivity index (χ1n) is 5.18. The lowest BCUT2D eigenvalue weighted by molar-refractivity contribution is -0.167. The third-order valence-electron chi connectivity index (χ3n) is 2.98. The summed E-state index contributed by atoms with van der Waals surface area (Å²) in [6.07, 6.45) is 2.62. The second-order valence-corrected chi connectivity index (χ2v) is 4.26. The topological polar surface area (TPSA) is 43.4 Å². The SMILES string of the molecule is CCCC(=O)C1(C(=O)OC)CC(C)C1. The number of hydrogen-bond donors (Lipinski definition) is 0. The van der Waals surface area contributed by atoms with Gasteiger partial charge in [-0.05, 0) is 25.2 Å². The second kappa shape index (κ2) is 4.11. The van der Waals surface area contributed by atoms with Crippen molar-refractivity contribution in [1.29, 1.82) is 0 Å². The second-order valence-electron chi connectivity index (χ2n) is 4.26. The highest BCUT2D eigenvalue weighted by Crippen LogP contribution is 2.47. The van der Waals surface area contributed by atoms with Crippen LogP contribution in [0.3, 0.4) is 0 Å². The molecule has 0 bridgehead atoms. The summed E-state index contributed by atoms with van der Waals surface area (Å²) in [6.45, 7) is 4.01. The van der Waals surface area contributed by atoms with Crippen LogP contribution in [0.25, 0.3) is 0 Å². The molecule has 1 fully saturated rings. The number of carbonyl (C=O) groups is 2. The fourth-order valence-electron chi connectivity index (χ4n) is 2.30. The molecule has 0 N–H and O–H groups in total. The van der Waals surface area contributed by atoms with Crippen molar-refractivity contribution in [3.05, 3.63) is 0 Å². The molecule has 0 aliphatic heterocycles. The summed E-state index contributed by atoms with van der Waals surface area (Å²) in [6, 6.07) is 0. The summed E-state index contributed by atoms with van der Waals surface area (Å²) in [5, 5.41) is 0. The van der Waals surface area contributed by atoms with E-state index in [9.17, 15) is 9.59 Å². The van der Waals surface area contributed by atoms with Gasteiger partial charge in [0.1, 0.15) is 11.2 Å². The zero-order valence-electron chi connectivity index (χ0n) is 9.13. The Morgan fingerprint density at radius 2 is 2.00 bits per heavy atom. The van der Waals surface area contributed by atoms with Gasteiger partial charge in [-0.1, -0.05) is 13.8 Å². The van der Waals surface area contributed by atoms with Gasteiger partial charge in [-0.2, -0.15) is 0 Å². The largest absolute Gasteiger partial charge is 0.468 e. The molecule has 3 nitrogen and oxygen atoms in total. The molecule has 1 aliphatic rings. The summed E-state index contributed by atoms with van der Waals surface area (Å²) in [5.74, 6) is 0.189. The molecule has 0 amide bonds. The fourth-order valence-corrected chi connectivity index (χ4v) is 2.30. The first-order valence-corrected chi connectivity index (χ1v) is 5.18. The van der Waals surface area contributed by atoms with Gasteiger partial charge in [0.2, 0.25) is 0 Å². The highest BCUT2D eigenvalue weighted by atomic mass is 16.5. The zero-order valence-corrected chi connectivity index (χ0v) is 9.13. The zero-order chi connectivity index (χ0) is 10.8. The monoisotopic (exact) mass is 198 g/mol. The smallest absolute Gasteiger partial charge is 0.319 e. The summed E-state index contributed by atoms with van der Waals surface area (Å²) < 4.78 is 4.71. The van der Waals surface area contributed by atoms with Crippen LogP contribution in [0.15, 0.2) is 0 Å². The van der Waals surface area contributed by atoms with Crippen molar-refractivity contribution in [2.75, 3.05) is 7.11 Å². The van der Waals surface area contributed by atoms with Crippen molar-refractivity contribution in [1.82, 2.24) is 0 Å². The van der Waals surface area contributed by atoms with Crippen LogP contribution in [-0.4, -0.2) is 18.9 Å². The lowest BCUT2D eigenvalue weighted by Gasteiger charge is -2.42. The maximum absolute atomic E-state index is 11.8. The predicted molar refractivity (Wildman–Crippen MR) is 52.8 cm³/mol. The number of ketones is 1. The minimum atomic E-state index is -0.788. The van der Waals surface area contributed by atoms with Crippen LogP contribution in [0.2, 0.25) is 0 Å². The molecule has 14 heavy (non-hydrogen) atoms. The van der Waals surface area contributed by atoms with E-state index in [1.54, 1.807) is 0 Å². The summed E-state index contributed by atoms with van der Waals surface area (Å²) in [5.41, 5.74) is -0.788. The molecular weight excluding hydrogens is 180 g/mol. The molecule has 0 radical (unpaired) electrons. The number of hydrogen-bond acceptors (Lipinski definition) is 3. The van der Waals surface area contributed by atoms with Crippen LogP contribution in [-0.2, 0) is 14.3 Å². The molecule has 1 aliphatic carbocycles. The molecule has 0 aromatic rings. The van der Waals surface area contributed by atoms with E-state index < -0.39 is 5.41 Å². The van der Waals surface area contributed by atoms with E-state index in [4.69, 9.17) is 4.74 Å². The number of carbonyl (C=O) groups excluding carboxylic acids is 2. The molecule has 3 heteroatoms. The van der Waals surface area contributed by atoms with Crippen molar-refractivity contribution >= 4 is 11.8 Å². The highest BCUT2D eigenvalue weighted by molar-refractivity contribution is 6.04. The summed E-state index contributed by atoms with van der Waals surface area (Å²) in [4.78, 5) is 23.3. The first kappa shape index (κ1) is 11.2. The van der Waals surface area contributed by atoms with Gasteiger partial charge in [-0.25, -0.2) is 0 Å². The van der Waals surface area contributed by atoms with E-state index in [2.05, 4.69) is 6.92 Å². The van der Waals surface area contributed by atoms with E-state index in [1.807, 2.05) is 6.92 Å². The number of ether oxygens (including phenoxy) is 1. The maximum Gasteiger partial charge on any atom is 0.319 e. The van der Waals surface area contributed by atoms with Gasteiger partial charge in [-0.15, -0.1) is 0 Å². The molecule has 0 spiro atoms. The van der Waals surface area contributed by atoms with Crippen molar-refractivity contribution in [3.8, 4) is 0 Å². The van der Waals surface area contributed by atoms with Gasteiger partial charge in [0.25, 0.3) is 0 Å². The molecule has 0 aromatic carbocycles. The van der Waals surface area contributed by atoms with Gasteiger partial charge in [0.05, 0.1) is 7.11 Å². The van der Waals surface area contributed by atoms with Gasteiger partial charge in [0.15, 0.2) is 0 Å². The lowest BCUT2D eigenvalue weighted by atomic mass is 9.59. The molecule has 0 heterocycles. The fraction of sp³-hybridized carbons (Fsp3) is 0.818. The number of rotatable bonds is 4. The van der Waals surface area contributed by atoms with Gasteiger partial charge >= 0.3 is 5.97 Å². The Morgan fingerprint density at radius 1 is 1.43 bits per heavy atom. The molecule has 1 rings (SSSR count). The van der Waals surface area contributed by atoms with E-state index in [-0.39, 0.29) is 11.8 Å². The Labute approximate surface area is 84.8 Å². The van der Waals surface area contributed by atoms with Crippen LogP contribution in [0.4, 0.5) is 0 Å². The van der Waals surface area contributed by atoms with Gasteiger partial charge in [-0.3, -0.25) is 9.59 Å². The van der Waals surface area contributed by atoms with E-state index in [0.717, 1.165) is 6.42 Å². The Bertz CT molecular complexity index is 239. The van der Waals surface area contributed by atoms with Crippen LogP contribution >= 0.6 is 0 Å². The minimum absolute atomic E-state index is 0.0601. The summed E-state index contributed by atoms with van der Waals surface area (Å²) >= 11 is 0. The van der Waals surface area contributed by atoms with Crippen molar-refractivity contribution in [2.24, 2.45) is 11.3 Å². The molecule has 80 valence electrons. The Hall–Kier alpha value is -0.860. The quantitative estimate of drug-likeness (QED) is 0.512. The third kappa shape index (κ3) is 1.68. The minimum Gasteiger partial charge on any atom is -0.468 e. The average Bonchev–Trinajstić information content (AvgIpc) is 2.11. The van der Waals surface area contributed by atoms with Crippen molar-refractivity contribution in [3.63, 3.8) is 0 Å². The van der Waals surface area contributed by atoms with Gasteiger partial charge < -0.3 is 4.74 Å². The third-order valence-corrected chi connectivity index (χ3v) is 2.98. The number of esters is 1. The maximum atomic E-state index is 11.8. The molecular formula is C11H18O3. The van der Waals surface area contributed by atoms with E-state index in [1.165, 1.54) is 7.11 Å². The molecule has 0 unspecified atom stereocenters. The molecule has 1 saturated carbocycles. The Kier molecular flexibility index (Phi) is 3.29. The van der Waals surface area contributed by atoms with Gasteiger partial charge in [0, 0.05) is 6.42 Å². The normalized spacial score (nSPS) is 30.6. The lowest BCUT2D eigenvalue weighted by Crippen LogP contribution is -2.49. The number of methoxy groups -OCH3 is 1. The van der Waals surface area contributed by atoms with Crippen molar-refractivity contribution < 1.29 is 14.3 Å². The molecule has 0 atom stereocenters. The van der Waals surface area contributed by atoms with E-state index >= 15 is 0 Å². The van der Waals surface area contributed by atoms with Crippen LogP contribution in [0.1, 0.15) is 39.5 Å². The van der Waals surface area contributed by atoms with Crippen LogP contribution < -0.4 is 0 Å². The van der Waals surface area contributed by atoms with Crippen LogP contribution in [0.5, 0.6) is 0 Å².